The van der Waals surface area contributed by atoms with Gasteiger partial charge >= 0.3 is 6.36 Å². The molecule has 2 nitrogen and oxygen atoms in total. The summed E-state index contributed by atoms with van der Waals surface area (Å²) in [5.74, 6) is -0.207. The molecule has 1 saturated heterocycles. The Bertz CT molecular complexity index is 314. The van der Waals surface area contributed by atoms with E-state index in [1.807, 2.05) is 0 Å². The molecule has 1 heterocycles. The molecule has 1 fully saturated rings. The van der Waals surface area contributed by atoms with Gasteiger partial charge in [-0.15, -0.1) is 13.2 Å². The van der Waals surface area contributed by atoms with Crippen LogP contribution in [-0.2, 0) is 4.74 Å². The monoisotopic (exact) mass is 204 g/mol. The van der Waals surface area contributed by atoms with E-state index in [-0.39, 0.29) is 11.9 Å². The van der Waals surface area contributed by atoms with Crippen LogP contribution in [0.1, 0.15) is 11.7 Å². The van der Waals surface area contributed by atoms with Gasteiger partial charge in [0.25, 0.3) is 0 Å². The van der Waals surface area contributed by atoms with Crippen molar-refractivity contribution in [2.45, 2.75) is 12.5 Å². The SMILES string of the molecule is FC(F)(F)Oc1ccc([C@H]2CO2)cc1. The number of alkyl halides is 3. The number of benzene rings is 1. The zero-order chi connectivity index (χ0) is 10.2. The molecule has 0 spiro atoms. The second kappa shape index (κ2) is 3.16. The molecule has 1 aliphatic rings. The Morgan fingerprint density at radius 2 is 1.79 bits per heavy atom. The highest BCUT2D eigenvalue weighted by Gasteiger charge is 2.31. The van der Waals surface area contributed by atoms with Crippen LogP contribution in [0.25, 0.3) is 0 Å². The van der Waals surface area contributed by atoms with Crippen molar-refractivity contribution in [3.05, 3.63) is 29.8 Å². The van der Waals surface area contributed by atoms with Gasteiger partial charge in [-0.2, -0.15) is 0 Å². The summed E-state index contributed by atoms with van der Waals surface area (Å²) in [5, 5.41) is 0. The van der Waals surface area contributed by atoms with E-state index >= 15 is 0 Å². The van der Waals surface area contributed by atoms with E-state index in [2.05, 4.69) is 4.74 Å². The largest absolute Gasteiger partial charge is 0.573 e. The van der Waals surface area contributed by atoms with Gasteiger partial charge < -0.3 is 9.47 Å². The first-order valence-corrected chi connectivity index (χ1v) is 4.02. The Labute approximate surface area is 78.2 Å². The van der Waals surface area contributed by atoms with Gasteiger partial charge in [-0.3, -0.25) is 0 Å². The minimum Gasteiger partial charge on any atom is -0.406 e. The van der Waals surface area contributed by atoms with Crippen LogP contribution in [0.5, 0.6) is 5.75 Å². The second-order valence-corrected chi connectivity index (χ2v) is 2.94. The first-order valence-electron chi connectivity index (χ1n) is 4.02. The molecular formula is C9H7F3O2. The summed E-state index contributed by atoms with van der Waals surface area (Å²) < 4.78 is 44.0. The van der Waals surface area contributed by atoms with Crippen molar-refractivity contribution in [1.82, 2.24) is 0 Å². The number of rotatable bonds is 2. The van der Waals surface area contributed by atoms with Crippen LogP contribution in [0.2, 0.25) is 0 Å². The molecule has 0 aromatic heterocycles. The third-order valence-electron chi connectivity index (χ3n) is 1.82. The van der Waals surface area contributed by atoms with Gasteiger partial charge in [0.15, 0.2) is 0 Å². The lowest BCUT2D eigenvalue weighted by atomic mass is 10.2. The Morgan fingerprint density at radius 3 is 2.21 bits per heavy atom. The maximum absolute atomic E-state index is 11.8. The lowest BCUT2D eigenvalue weighted by Crippen LogP contribution is -2.16. The normalized spacial score (nSPS) is 20.6. The summed E-state index contributed by atoms with van der Waals surface area (Å²) in [7, 11) is 0. The van der Waals surface area contributed by atoms with Crippen LogP contribution < -0.4 is 4.74 Å². The molecule has 5 heteroatoms. The Morgan fingerprint density at radius 1 is 1.21 bits per heavy atom. The number of hydrogen-bond donors (Lipinski definition) is 0. The number of hydrogen-bond acceptors (Lipinski definition) is 2. The first kappa shape index (κ1) is 9.33. The van der Waals surface area contributed by atoms with Crippen molar-refractivity contribution in [2.75, 3.05) is 6.61 Å². The molecule has 0 aliphatic carbocycles. The summed E-state index contributed by atoms with van der Waals surface area (Å²) in [4.78, 5) is 0. The molecular weight excluding hydrogens is 197 g/mol. The fourth-order valence-corrected chi connectivity index (χ4v) is 1.12. The molecule has 2 rings (SSSR count). The van der Waals surface area contributed by atoms with Gasteiger partial charge in [-0.25, -0.2) is 0 Å². The molecule has 0 N–H and O–H groups in total. The highest BCUT2D eigenvalue weighted by atomic mass is 19.4. The van der Waals surface area contributed by atoms with Crippen molar-refractivity contribution in [2.24, 2.45) is 0 Å². The Balaban J connectivity index is 2.06. The van der Waals surface area contributed by atoms with E-state index in [0.717, 1.165) is 5.56 Å². The predicted molar refractivity (Wildman–Crippen MR) is 41.8 cm³/mol. The molecule has 1 aromatic carbocycles. The van der Waals surface area contributed by atoms with Crippen LogP contribution in [0.4, 0.5) is 13.2 Å². The number of epoxide rings is 1. The van der Waals surface area contributed by atoms with Crippen LogP contribution in [-0.4, -0.2) is 13.0 Å². The van der Waals surface area contributed by atoms with Crippen LogP contribution >= 0.6 is 0 Å². The average molecular weight is 204 g/mol. The molecule has 1 atom stereocenters. The fourth-order valence-electron chi connectivity index (χ4n) is 1.12. The molecule has 0 unspecified atom stereocenters. The third kappa shape index (κ3) is 2.38. The highest BCUT2D eigenvalue weighted by Crippen LogP contribution is 2.31. The van der Waals surface area contributed by atoms with Crippen molar-refractivity contribution in [1.29, 1.82) is 0 Å². The van der Waals surface area contributed by atoms with Crippen LogP contribution in [0.15, 0.2) is 24.3 Å². The topological polar surface area (TPSA) is 21.8 Å². The lowest BCUT2D eigenvalue weighted by molar-refractivity contribution is -0.274. The van der Waals surface area contributed by atoms with E-state index in [0.29, 0.717) is 6.61 Å². The number of ether oxygens (including phenoxy) is 2. The summed E-state index contributed by atoms with van der Waals surface area (Å²) in [6, 6.07) is 5.70. The molecule has 14 heavy (non-hydrogen) atoms. The molecule has 0 amide bonds. The van der Waals surface area contributed by atoms with Crippen molar-refractivity contribution in [3.63, 3.8) is 0 Å². The predicted octanol–water partition coefficient (Wildman–Crippen LogP) is 2.66. The van der Waals surface area contributed by atoms with Crippen molar-refractivity contribution in [3.8, 4) is 5.75 Å². The van der Waals surface area contributed by atoms with Crippen LogP contribution in [0.3, 0.4) is 0 Å². The Hall–Kier alpha value is -1.23. The molecule has 76 valence electrons. The zero-order valence-electron chi connectivity index (χ0n) is 7.04. The maximum Gasteiger partial charge on any atom is 0.573 e. The summed E-state index contributed by atoms with van der Waals surface area (Å²) in [5.41, 5.74) is 0.875. The zero-order valence-corrected chi connectivity index (χ0v) is 7.04. The summed E-state index contributed by atoms with van der Waals surface area (Å²) in [6.07, 6.45) is -4.58. The summed E-state index contributed by atoms with van der Waals surface area (Å²) >= 11 is 0. The van der Waals surface area contributed by atoms with Crippen molar-refractivity contribution < 1.29 is 22.6 Å². The van der Waals surface area contributed by atoms with Gasteiger partial charge in [0.2, 0.25) is 0 Å². The van der Waals surface area contributed by atoms with Gasteiger partial charge in [-0.05, 0) is 17.7 Å². The van der Waals surface area contributed by atoms with E-state index in [4.69, 9.17) is 4.74 Å². The summed E-state index contributed by atoms with van der Waals surface area (Å²) in [6.45, 7) is 0.638. The van der Waals surface area contributed by atoms with E-state index in [9.17, 15) is 13.2 Å². The Kier molecular flexibility index (Phi) is 2.11. The van der Waals surface area contributed by atoms with Gasteiger partial charge in [0.05, 0.1) is 6.61 Å². The van der Waals surface area contributed by atoms with E-state index < -0.39 is 6.36 Å². The van der Waals surface area contributed by atoms with E-state index in [1.54, 1.807) is 12.1 Å². The first-order chi connectivity index (χ1) is 6.54. The molecule has 0 bridgehead atoms. The highest BCUT2D eigenvalue weighted by molar-refractivity contribution is 5.29. The quantitative estimate of drug-likeness (QED) is 0.691. The standard InChI is InChI=1S/C9H7F3O2/c10-9(11,12)14-7-3-1-6(2-4-7)8-5-13-8/h1-4,8H,5H2/t8-/m1/s1. The minimum absolute atomic E-state index is 0.0509. The average Bonchev–Trinajstić information content (AvgIpc) is 2.85. The smallest absolute Gasteiger partial charge is 0.406 e. The van der Waals surface area contributed by atoms with Gasteiger partial charge in [-0.1, -0.05) is 12.1 Å². The van der Waals surface area contributed by atoms with E-state index in [1.165, 1.54) is 12.1 Å². The molecule has 1 aromatic rings. The number of halogens is 3. The molecule has 0 radical (unpaired) electrons. The van der Waals surface area contributed by atoms with Gasteiger partial charge in [0.1, 0.15) is 11.9 Å². The van der Waals surface area contributed by atoms with Crippen LogP contribution in [0, 0.1) is 0 Å². The lowest BCUT2D eigenvalue weighted by Gasteiger charge is -2.08. The minimum atomic E-state index is -4.63. The third-order valence-corrected chi connectivity index (χ3v) is 1.82. The molecule has 0 saturated carbocycles. The molecule has 1 aliphatic heterocycles. The second-order valence-electron chi connectivity index (χ2n) is 2.94. The van der Waals surface area contributed by atoms with Gasteiger partial charge in [0, 0.05) is 0 Å². The maximum atomic E-state index is 11.8. The van der Waals surface area contributed by atoms with Crippen molar-refractivity contribution >= 4 is 0 Å². The fraction of sp³-hybridized carbons (Fsp3) is 0.333.